The van der Waals surface area contributed by atoms with Gasteiger partial charge >= 0.3 is 0 Å². The van der Waals surface area contributed by atoms with E-state index in [9.17, 15) is 4.79 Å². The maximum Gasteiger partial charge on any atom is 0.255 e. The summed E-state index contributed by atoms with van der Waals surface area (Å²) >= 11 is 0. The van der Waals surface area contributed by atoms with E-state index >= 15 is 0 Å². The van der Waals surface area contributed by atoms with Crippen LogP contribution >= 0.6 is 0 Å². The van der Waals surface area contributed by atoms with Crippen molar-refractivity contribution >= 4 is 17.3 Å². The lowest BCUT2D eigenvalue weighted by Crippen LogP contribution is -2.16. The number of nitrogens with one attached hydrogen (secondary N) is 2. The fourth-order valence-corrected chi connectivity index (χ4v) is 2.09. The van der Waals surface area contributed by atoms with Crippen LogP contribution in [0.1, 0.15) is 16.8 Å². The van der Waals surface area contributed by atoms with Crippen LogP contribution in [0.25, 0.3) is 0 Å². The first-order valence-electron chi connectivity index (χ1n) is 7.50. The second-order valence-electron chi connectivity index (χ2n) is 5.48. The number of benzene rings is 2. The Kier molecular flexibility index (Phi) is 5.98. The van der Waals surface area contributed by atoms with E-state index in [-0.39, 0.29) is 5.91 Å². The molecule has 2 rings (SSSR count). The van der Waals surface area contributed by atoms with E-state index in [1.54, 1.807) is 12.1 Å². The summed E-state index contributed by atoms with van der Waals surface area (Å²) in [5, 5.41) is 6.27. The van der Waals surface area contributed by atoms with E-state index in [0.29, 0.717) is 5.56 Å². The molecule has 0 fully saturated rings. The van der Waals surface area contributed by atoms with Gasteiger partial charge in [-0.1, -0.05) is 18.2 Å². The monoisotopic (exact) mass is 297 g/mol. The number of amides is 1. The molecule has 2 aromatic carbocycles. The number of hydrogen-bond donors (Lipinski definition) is 2. The summed E-state index contributed by atoms with van der Waals surface area (Å²) < 4.78 is 0. The predicted octanol–water partition coefficient (Wildman–Crippen LogP) is 3.30. The summed E-state index contributed by atoms with van der Waals surface area (Å²) in [6.07, 6.45) is 1.10. The first kappa shape index (κ1) is 16.0. The molecule has 0 atom stereocenters. The Labute approximate surface area is 132 Å². The molecule has 0 saturated heterocycles. The summed E-state index contributed by atoms with van der Waals surface area (Å²) in [6.45, 7) is 2.01. The van der Waals surface area contributed by atoms with Crippen molar-refractivity contribution in [1.29, 1.82) is 0 Å². The molecule has 0 heterocycles. The molecule has 2 N–H and O–H groups in total. The van der Waals surface area contributed by atoms with Gasteiger partial charge in [-0.25, -0.2) is 0 Å². The average Bonchev–Trinajstić information content (AvgIpc) is 2.54. The van der Waals surface area contributed by atoms with Crippen molar-refractivity contribution in [3.63, 3.8) is 0 Å². The van der Waals surface area contributed by atoms with Crippen LogP contribution in [0.15, 0.2) is 54.6 Å². The first-order valence-corrected chi connectivity index (χ1v) is 7.50. The number of carbonyl (C=O) groups excluding carboxylic acids is 1. The van der Waals surface area contributed by atoms with Crippen LogP contribution in [0, 0.1) is 0 Å². The number of nitrogens with zero attached hydrogens (tertiary/aromatic N) is 1. The Balaban J connectivity index is 1.83. The van der Waals surface area contributed by atoms with Gasteiger partial charge in [-0.05, 0) is 63.5 Å². The van der Waals surface area contributed by atoms with Gasteiger partial charge in [0.25, 0.3) is 5.91 Å². The summed E-state index contributed by atoms with van der Waals surface area (Å²) in [6, 6.07) is 17.0. The lowest BCUT2D eigenvalue weighted by molar-refractivity contribution is 0.102. The maximum absolute atomic E-state index is 12.0. The van der Waals surface area contributed by atoms with Gasteiger partial charge in [0.05, 0.1) is 0 Å². The standard InChI is InChI=1S/C18H23N3O/c1-21(2)14-6-13-19-16-9-11-17(12-10-16)20-18(22)15-7-4-3-5-8-15/h3-5,7-12,19H,6,13-14H2,1-2H3,(H,20,22). The highest BCUT2D eigenvalue weighted by molar-refractivity contribution is 6.04. The topological polar surface area (TPSA) is 44.4 Å². The Morgan fingerprint density at radius 1 is 0.955 bits per heavy atom. The van der Waals surface area contributed by atoms with E-state index < -0.39 is 0 Å². The third kappa shape index (κ3) is 5.22. The molecule has 0 radical (unpaired) electrons. The highest BCUT2D eigenvalue weighted by Crippen LogP contribution is 2.14. The summed E-state index contributed by atoms with van der Waals surface area (Å²) in [4.78, 5) is 14.2. The molecule has 0 bridgehead atoms. The van der Waals surface area contributed by atoms with Crippen molar-refractivity contribution in [2.24, 2.45) is 0 Å². The lowest BCUT2D eigenvalue weighted by Gasteiger charge is -2.11. The molecule has 0 spiro atoms. The molecular weight excluding hydrogens is 274 g/mol. The summed E-state index contributed by atoms with van der Waals surface area (Å²) in [7, 11) is 4.15. The Bertz CT molecular complexity index is 579. The van der Waals surface area contributed by atoms with Gasteiger partial charge in [-0.15, -0.1) is 0 Å². The summed E-state index contributed by atoms with van der Waals surface area (Å²) in [5.41, 5.74) is 2.53. The quantitative estimate of drug-likeness (QED) is 0.771. The normalized spacial score (nSPS) is 10.5. The van der Waals surface area contributed by atoms with Gasteiger partial charge in [0.2, 0.25) is 0 Å². The SMILES string of the molecule is CN(C)CCCNc1ccc(NC(=O)c2ccccc2)cc1. The minimum Gasteiger partial charge on any atom is -0.385 e. The Morgan fingerprint density at radius 2 is 1.59 bits per heavy atom. The number of anilines is 2. The van der Waals surface area contributed by atoms with Crippen molar-refractivity contribution in [1.82, 2.24) is 4.90 Å². The zero-order valence-electron chi connectivity index (χ0n) is 13.2. The zero-order chi connectivity index (χ0) is 15.8. The highest BCUT2D eigenvalue weighted by Gasteiger charge is 2.04. The Morgan fingerprint density at radius 3 is 2.23 bits per heavy atom. The highest BCUT2D eigenvalue weighted by atomic mass is 16.1. The molecule has 4 heteroatoms. The molecule has 116 valence electrons. The lowest BCUT2D eigenvalue weighted by atomic mass is 10.2. The van der Waals surface area contributed by atoms with Crippen LogP contribution in [0.3, 0.4) is 0 Å². The number of rotatable bonds is 7. The molecular formula is C18H23N3O. The molecule has 2 aromatic rings. The smallest absolute Gasteiger partial charge is 0.255 e. The van der Waals surface area contributed by atoms with E-state index in [2.05, 4.69) is 29.6 Å². The van der Waals surface area contributed by atoms with Crippen molar-refractivity contribution in [3.8, 4) is 0 Å². The van der Waals surface area contributed by atoms with Gasteiger partial charge in [-0.2, -0.15) is 0 Å². The van der Waals surface area contributed by atoms with Gasteiger partial charge in [0, 0.05) is 23.5 Å². The van der Waals surface area contributed by atoms with E-state index in [1.807, 2.05) is 42.5 Å². The Hall–Kier alpha value is -2.33. The second kappa shape index (κ2) is 8.20. The molecule has 0 aliphatic rings. The van der Waals surface area contributed by atoms with E-state index in [4.69, 9.17) is 0 Å². The maximum atomic E-state index is 12.0. The van der Waals surface area contributed by atoms with Crippen molar-refractivity contribution in [2.45, 2.75) is 6.42 Å². The zero-order valence-corrected chi connectivity index (χ0v) is 13.2. The molecule has 0 aliphatic carbocycles. The number of carbonyl (C=O) groups is 1. The largest absolute Gasteiger partial charge is 0.385 e. The second-order valence-corrected chi connectivity index (χ2v) is 5.48. The third-order valence-corrected chi connectivity index (χ3v) is 3.29. The van der Waals surface area contributed by atoms with Crippen molar-refractivity contribution < 1.29 is 4.79 Å². The number of hydrogen-bond acceptors (Lipinski definition) is 3. The van der Waals surface area contributed by atoms with Crippen LogP contribution < -0.4 is 10.6 Å². The van der Waals surface area contributed by atoms with Crippen LogP contribution in [-0.2, 0) is 0 Å². The third-order valence-electron chi connectivity index (χ3n) is 3.29. The van der Waals surface area contributed by atoms with Crippen molar-refractivity contribution in [2.75, 3.05) is 37.8 Å². The van der Waals surface area contributed by atoms with Gasteiger partial charge in [-0.3, -0.25) is 4.79 Å². The van der Waals surface area contributed by atoms with Crippen molar-refractivity contribution in [3.05, 3.63) is 60.2 Å². The first-order chi connectivity index (χ1) is 10.6. The molecule has 0 aromatic heterocycles. The van der Waals surface area contributed by atoms with Crippen LogP contribution in [0.4, 0.5) is 11.4 Å². The van der Waals surface area contributed by atoms with Crippen LogP contribution in [0.5, 0.6) is 0 Å². The molecule has 22 heavy (non-hydrogen) atoms. The minimum atomic E-state index is -0.0905. The molecule has 0 saturated carbocycles. The van der Waals surface area contributed by atoms with E-state index in [0.717, 1.165) is 30.9 Å². The van der Waals surface area contributed by atoms with Gasteiger partial charge < -0.3 is 15.5 Å². The van der Waals surface area contributed by atoms with Crippen LogP contribution in [-0.4, -0.2) is 38.0 Å². The van der Waals surface area contributed by atoms with Gasteiger partial charge in [0.1, 0.15) is 0 Å². The molecule has 4 nitrogen and oxygen atoms in total. The molecule has 0 aliphatic heterocycles. The molecule has 1 amide bonds. The van der Waals surface area contributed by atoms with E-state index in [1.165, 1.54) is 0 Å². The fourth-order valence-electron chi connectivity index (χ4n) is 2.09. The summed E-state index contributed by atoms with van der Waals surface area (Å²) in [5.74, 6) is -0.0905. The van der Waals surface area contributed by atoms with Gasteiger partial charge in [0.15, 0.2) is 0 Å². The van der Waals surface area contributed by atoms with Crippen LogP contribution in [0.2, 0.25) is 0 Å². The average molecular weight is 297 g/mol. The predicted molar refractivity (Wildman–Crippen MR) is 92.5 cm³/mol. The minimum absolute atomic E-state index is 0.0905. The fraction of sp³-hybridized carbons (Fsp3) is 0.278. The molecule has 0 unspecified atom stereocenters.